The van der Waals surface area contributed by atoms with Crippen LogP contribution in [0.2, 0.25) is 0 Å². The van der Waals surface area contributed by atoms with Crippen molar-refractivity contribution in [2.24, 2.45) is 5.92 Å². The number of thiocarbonyl (C=S) groups is 1. The Labute approximate surface area is 195 Å². The lowest BCUT2D eigenvalue weighted by atomic mass is 10.1. The van der Waals surface area contributed by atoms with E-state index in [2.05, 4.69) is 24.5 Å². The van der Waals surface area contributed by atoms with Crippen LogP contribution in [0.5, 0.6) is 5.75 Å². The molecule has 1 saturated heterocycles. The number of ether oxygens (including phenoxy) is 1. The summed E-state index contributed by atoms with van der Waals surface area (Å²) >= 11 is 5.36. The number of nitrogens with one attached hydrogen (secondary N) is 2. The van der Waals surface area contributed by atoms with Gasteiger partial charge in [0.1, 0.15) is 5.75 Å². The molecule has 0 aromatic heterocycles. The van der Waals surface area contributed by atoms with E-state index in [-0.39, 0.29) is 16.9 Å². The second-order valence-electron chi connectivity index (χ2n) is 8.39. The first-order chi connectivity index (χ1) is 15.4. The third-order valence-corrected chi connectivity index (χ3v) is 5.41. The van der Waals surface area contributed by atoms with E-state index in [4.69, 9.17) is 17.0 Å². The number of amides is 2. The molecule has 1 aliphatic rings. The van der Waals surface area contributed by atoms with Crippen molar-refractivity contribution in [3.63, 3.8) is 0 Å². The maximum atomic E-state index is 13.1. The monoisotopic (exact) mass is 453 g/mol. The molecule has 0 atom stereocenters. The third kappa shape index (κ3) is 6.79. The van der Waals surface area contributed by atoms with Gasteiger partial charge in [-0.2, -0.15) is 0 Å². The maximum Gasteiger partial charge on any atom is 0.257 e. The van der Waals surface area contributed by atoms with Crippen molar-refractivity contribution in [2.75, 3.05) is 25.0 Å². The van der Waals surface area contributed by atoms with Gasteiger partial charge in [-0.25, -0.2) is 0 Å². The minimum atomic E-state index is -0.339. The van der Waals surface area contributed by atoms with Gasteiger partial charge in [-0.15, -0.1) is 0 Å². The number of rotatable bonds is 6. The first-order valence-corrected chi connectivity index (χ1v) is 11.6. The molecule has 0 spiro atoms. The van der Waals surface area contributed by atoms with Crippen LogP contribution < -0.4 is 15.4 Å². The van der Waals surface area contributed by atoms with Crippen molar-refractivity contribution in [2.45, 2.75) is 39.5 Å². The first kappa shape index (κ1) is 23.7. The molecule has 1 fully saturated rings. The molecular formula is C25H31N3O3S. The normalized spacial score (nSPS) is 13.9. The molecule has 6 nitrogen and oxygen atoms in total. The molecule has 0 saturated carbocycles. The average Bonchev–Trinajstić information content (AvgIpc) is 3.07. The lowest BCUT2D eigenvalue weighted by Crippen LogP contribution is -2.36. The second kappa shape index (κ2) is 11.6. The molecule has 7 heteroatoms. The van der Waals surface area contributed by atoms with Crippen molar-refractivity contribution >= 4 is 34.8 Å². The van der Waals surface area contributed by atoms with Crippen LogP contribution in [0.25, 0.3) is 0 Å². The summed E-state index contributed by atoms with van der Waals surface area (Å²) in [5.74, 6) is 0.674. The van der Waals surface area contributed by atoms with Crippen molar-refractivity contribution in [1.82, 2.24) is 10.2 Å². The van der Waals surface area contributed by atoms with Gasteiger partial charge < -0.3 is 15.0 Å². The molecule has 0 radical (unpaired) electrons. The number of carbonyl (C=O) groups is 2. The van der Waals surface area contributed by atoms with E-state index < -0.39 is 0 Å². The third-order valence-electron chi connectivity index (χ3n) is 5.21. The van der Waals surface area contributed by atoms with Gasteiger partial charge in [0.15, 0.2) is 5.11 Å². The summed E-state index contributed by atoms with van der Waals surface area (Å²) in [4.78, 5) is 27.7. The lowest BCUT2D eigenvalue weighted by molar-refractivity contribution is 0.0762. The van der Waals surface area contributed by atoms with Gasteiger partial charge in [-0.3, -0.25) is 14.9 Å². The number of benzene rings is 2. The van der Waals surface area contributed by atoms with Crippen LogP contribution in [-0.2, 0) is 0 Å². The van der Waals surface area contributed by atoms with Gasteiger partial charge in [0.05, 0.1) is 17.9 Å². The van der Waals surface area contributed by atoms with Crippen LogP contribution in [0, 0.1) is 5.92 Å². The van der Waals surface area contributed by atoms with Gasteiger partial charge in [-0.05, 0) is 61.3 Å². The Morgan fingerprint density at radius 3 is 2.47 bits per heavy atom. The summed E-state index contributed by atoms with van der Waals surface area (Å²) in [5, 5.41) is 5.85. The fourth-order valence-electron chi connectivity index (χ4n) is 3.54. The SMILES string of the molecule is CC(C)COc1cccc(C(=O)NC(=S)Nc2ccccc2C(=O)N2CCCCCC2)c1. The molecule has 32 heavy (non-hydrogen) atoms. The van der Waals surface area contributed by atoms with Crippen molar-refractivity contribution in [1.29, 1.82) is 0 Å². The fraction of sp³-hybridized carbons (Fsp3) is 0.400. The van der Waals surface area contributed by atoms with Crippen molar-refractivity contribution < 1.29 is 14.3 Å². The largest absolute Gasteiger partial charge is 0.493 e. The summed E-state index contributed by atoms with van der Waals surface area (Å²) in [5.41, 5.74) is 1.58. The molecule has 170 valence electrons. The molecule has 2 aromatic rings. The van der Waals surface area contributed by atoms with E-state index in [1.54, 1.807) is 30.3 Å². The highest BCUT2D eigenvalue weighted by atomic mass is 32.1. The fourth-order valence-corrected chi connectivity index (χ4v) is 3.74. The molecule has 1 heterocycles. The standard InChI is InChI=1S/C25H31N3O3S/c1-18(2)17-31-20-11-9-10-19(16-20)23(29)27-25(32)26-22-13-6-5-12-21(22)24(30)28-14-7-3-4-8-15-28/h5-6,9-13,16,18H,3-4,7-8,14-15,17H2,1-2H3,(H2,26,27,29,32). The summed E-state index contributed by atoms with van der Waals surface area (Å²) in [6.07, 6.45) is 4.36. The van der Waals surface area contributed by atoms with Crippen LogP contribution in [0.4, 0.5) is 5.69 Å². The minimum absolute atomic E-state index is 0.0147. The zero-order valence-corrected chi connectivity index (χ0v) is 19.5. The molecule has 2 aromatic carbocycles. The molecule has 0 unspecified atom stereocenters. The van der Waals surface area contributed by atoms with E-state index in [0.29, 0.717) is 35.1 Å². The Kier molecular flexibility index (Phi) is 8.62. The molecule has 3 rings (SSSR count). The first-order valence-electron chi connectivity index (χ1n) is 11.2. The van der Waals surface area contributed by atoms with Crippen LogP contribution in [0.15, 0.2) is 48.5 Å². The topological polar surface area (TPSA) is 70.7 Å². The van der Waals surface area contributed by atoms with Crippen molar-refractivity contribution in [3.8, 4) is 5.75 Å². The van der Waals surface area contributed by atoms with E-state index in [1.807, 2.05) is 23.1 Å². The highest BCUT2D eigenvalue weighted by Gasteiger charge is 2.20. The zero-order valence-electron chi connectivity index (χ0n) is 18.7. The van der Waals surface area contributed by atoms with Crippen LogP contribution >= 0.6 is 12.2 Å². The average molecular weight is 454 g/mol. The number of para-hydroxylation sites is 1. The van der Waals surface area contributed by atoms with Crippen LogP contribution in [-0.4, -0.2) is 41.5 Å². The van der Waals surface area contributed by atoms with E-state index in [9.17, 15) is 9.59 Å². The predicted octanol–water partition coefficient (Wildman–Crippen LogP) is 4.86. The number of likely N-dealkylation sites (tertiary alicyclic amines) is 1. The molecule has 1 aliphatic heterocycles. The van der Waals surface area contributed by atoms with Crippen LogP contribution in [0.1, 0.15) is 60.2 Å². The summed E-state index contributed by atoms with van der Waals surface area (Å²) in [6, 6.07) is 14.2. The van der Waals surface area contributed by atoms with Crippen LogP contribution in [0.3, 0.4) is 0 Å². The van der Waals surface area contributed by atoms with E-state index in [0.717, 1.165) is 38.8 Å². The quantitative estimate of drug-likeness (QED) is 0.611. The second-order valence-corrected chi connectivity index (χ2v) is 8.80. The summed E-state index contributed by atoms with van der Waals surface area (Å²) < 4.78 is 5.70. The number of anilines is 1. The Bertz CT molecular complexity index is 953. The summed E-state index contributed by atoms with van der Waals surface area (Å²) in [7, 11) is 0. The number of nitrogens with zero attached hydrogens (tertiary/aromatic N) is 1. The van der Waals surface area contributed by atoms with E-state index >= 15 is 0 Å². The molecule has 2 N–H and O–H groups in total. The Balaban J connectivity index is 1.64. The minimum Gasteiger partial charge on any atom is -0.493 e. The van der Waals surface area contributed by atoms with Gasteiger partial charge >= 0.3 is 0 Å². The Hall–Kier alpha value is -2.93. The molecular weight excluding hydrogens is 422 g/mol. The predicted molar refractivity (Wildman–Crippen MR) is 131 cm³/mol. The van der Waals surface area contributed by atoms with Gasteiger partial charge in [0.25, 0.3) is 11.8 Å². The highest BCUT2D eigenvalue weighted by Crippen LogP contribution is 2.20. The highest BCUT2D eigenvalue weighted by molar-refractivity contribution is 7.80. The smallest absolute Gasteiger partial charge is 0.257 e. The van der Waals surface area contributed by atoms with Crippen molar-refractivity contribution in [3.05, 3.63) is 59.7 Å². The number of hydrogen-bond acceptors (Lipinski definition) is 4. The van der Waals surface area contributed by atoms with Gasteiger partial charge in [0.2, 0.25) is 0 Å². The molecule has 2 amide bonds. The zero-order chi connectivity index (χ0) is 22.9. The Morgan fingerprint density at radius 2 is 1.75 bits per heavy atom. The van der Waals surface area contributed by atoms with Gasteiger partial charge in [-0.1, -0.05) is 44.9 Å². The van der Waals surface area contributed by atoms with E-state index in [1.165, 1.54) is 0 Å². The lowest BCUT2D eigenvalue weighted by Gasteiger charge is -2.22. The maximum absolute atomic E-state index is 13.1. The Morgan fingerprint density at radius 1 is 1.03 bits per heavy atom. The van der Waals surface area contributed by atoms with Gasteiger partial charge in [0, 0.05) is 18.7 Å². The molecule has 0 bridgehead atoms. The number of hydrogen-bond donors (Lipinski definition) is 2. The number of carbonyl (C=O) groups excluding carboxylic acids is 2. The molecule has 0 aliphatic carbocycles. The summed E-state index contributed by atoms with van der Waals surface area (Å²) in [6.45, 7) is 6.24.